The van der Waals surface area contributed by atoms with Gasteiger partial charge in [-0.05, 0) is 18.6 Å². The zero-order chi connectivity index (χ0) is 10.7. The summed E-state index contributed by atoms with van der Waals surface area (Å²) in [5, 5.41) is 3.74. The van der Waals surface area contributed by atoms with Gasteiger partial charge in [0.1, 0.15) is 18.1 Å². The Morgan fingerprint density at radius 2 is 2.20 bits per heavy atom. The molecule has 0 bridgehead atoms. The molecule has 4 heteroatoms. The minimum absolute atomic E-state index is 0.304. The van der Waals surface area contributed by atoms with E-state index in [1.807, 2.05) is 31.2 Å². The number of hydrogen-bond donors (Lipinski definition) is 1. The minimum atomic E-state index is 0.304. The van der Waals surface area contributed by atoms with Gasteiger partial charge in [-0.25, -0.2) is 0 Å². The van der Waals surface area contributed by atoms with Gasteiger partial charge in [0, 0.05) is 6.07 Å². The van der Waals surface area contributed by atoms with Gasteiger partial charge in [0.2, 0.25) is 5.88 Å². The van der Waals surface area contributed by atoms with Crippen LogP contribution >= 0.6 is 0 Å². The molecule has 0 saturated heterocycles. The highest BCUT2D eigenvalue weighted by atomic mass is 16.5. The van der Waals surface area contributed by atoms with Crippen LogP contribution in [-0.2, 0) is 6.61 Å². The second-order valence-electron chi connectivity index (χ2n) is 3.27. The number of para-hydroxylation sites is 1. The molecule has 0 atom stereocenters. The Morgan fingerprint density at radius 3 is 2.87 bits per heavy atom. The van der Waals surface area contributed by atoms with E-state index in [-0.39, 0.29) is 0 Å². The molecular formula is C11H12N2O2. The van der Waals surface area contributed by atoms with Crippen LogP contribution in [0.3, 0.4) is 0 Å². The maximum atomic E-state index is 5.56. The first-order valence-electron chi connectivity index (χ1n) is 4.65. The lowest BCUT2D eigenvalue weighted by molar-refractivity contribution is 0.288. The van der Waals surface area contributed by atoms with Gasteiger partial charge in [-0.1, -0.05) is 23.4 Å². The number of hydrogen-bond acceptors (Lipinski definition) is 4. The number of benzene rings is 1. The van der Waals surface area contributed by atoms with Crippen molar-refractivity contribution < 1.29 is 9.26 Å². The van der Waals surface area contributed by atoms with Gasteiger partial charge in [0.25, 0.3) is 0 Å². The molecule has 2 aromatic rings. The Bertz CT molecular complexity index is 451. The van der Waals surface area contributed by atoms with Gasteiger partial charge >= 0.3 is 0 Å². The summed E-state index contributed by atoms with van der Waals surface area (Å²) in [6.45, 7) is 2.36. The highest BCUT2D eigenvalue weighted by Gasteiger charge is 2.02. The molecule has 0 aliphatic carbocycles. The Balaban J connectivity index is 2.02. The summed E-state index contributed by atoms with van der Waals surface area (Å²) in [7, 11) is 0. The monoisotopic (exact) mass is 204 g/mol. The largest absolute Gasteiger partial charge is 0.487 e. The zero-order valence-electron chi connectivity index (χ0n) is 8.43. The van der Waals surface area contributed by atoms with Gasteiger partial charge in [-0.2, -0.15) is 0 Å². The molecule has 2 rings (SSSR count). The second kappa shape index (κ2) is 4.04. The number of nitrogens with zero attached hydrogens (tertiary/aromatic N) is 1. The minimum Gasteiger partial charge on any atom is -0.487 e. The normalized spacial score (nSPS) is 10.2. The van der Waals surface area contributed by atoms with Crippen molar-refractivity contribution in [3.63, 3.8) is 0 Å². The average molecular weight is 204 g/mol. The lowest BCUT2D eigenvalue weighted by atomic mass is 10.2. The molecule has 0 amide bonds. The molecule has 0 aliphatic rings. The van der Waals surface area contributed by atoms with E-state index in [1.54, 1.807) is 6.07 Å². The van der Waals surface area contributed by atoms with Crippen molar-refractivity contribution in [1.29, 1.82) is 0 Å². The number of nitrogen functional groups attached to an aromatic ring is 1. The molecule has 15 heavy (non-hydrogen) atoms. The molecular weight excluding hydrogens is 192 g/mol. The Hall–Kier alpha value is -1.97. The third kappa shape index (κ3) is 2.28. The van der Waals surface area contributed by atoms with E-state index in [2.05, 4.69) is 5.16 Å². The predicted octanol–water partition coefficient (Wildman–Crippen LogP) is 2.14. The van der Waals surface area contributed by atoms with Crippen LogP contribution in [0.2, 0.25) is 0 Å². The molecule has 0 fully saturated rings. The van der Waals surface area contributed by atoms with E-state index in [4.69, 9.17) is 15.0 Å². The van der Waals surface area contributed by atoms with E-state index in [9.17, 15) is 0 Å². The van der Waals surface area contributed by atoms with Crippen LogP contribution in [0.15, 0.2) is 34.9 Å². The van der Waals surface area contributed by atoms with Gasteiger partial charge in [0.15, 0.2) is 0 Å². The van der Waals surface area contributed by atoms with Gasteiger partial charge in [-0.3, -0.25) is 0 Å². The number of ether oxygens (including phenoxy) is 1. The van der Waals surface area contributed by atoms with Crippen molar-refractivity contribution in [2.75, 3.05) is 5.73 Å². The highest BCUT2D eigenvalue weighted by molar-refractivity contribution is 5.32. The number of anilines is 1. The fourth-order valence-electron chi connectivity index (χ4n) is 1.27. The van der Waals surface area contributed by atoms with Crippen molar-refractivity contribution in [2.24, 2.45) is 0 Å². The molecule has 0 unspecified atom stereocenters. The predicted molar refractivity (Wildman–Crippen MR) is 56.4 cm³/mol. The highest BCUT2D eigenvalue weighted by Crippen LogP contribution is 2.17. The Kier molecular flexibility index (Phi) is 2.58. The number of nitrogens with two attached hydrogens (primary N) is 1. The molecule has 78 valence electrons. The Morgan fingerprint density at radius 1 is 1.40 bits per heavy atom. The van der Waals surface area contributed by atoms with E-state index in [1.165, 1.54) is 0 Å². The van der Waals surface area contributed by atoms with Crippen molar-refractivity contribution in [2.45, 2.75) is 13.5 Å². The first kappa shape index (κ1) is 9.58. The molecule has 1 aromatic heterocycles. The van der Waals surface area contributed by atoms with Gasteiger partial charge in [0.05, 0.1) is 0 Å². The summed E-state index contributed by atoms with van der Waals surface area (Å²) >= 11 is 0. The number of aryl methyl sites for hydroxylation is 1. The summed E-state index contributed by atoms with van der Waals surface area (Å²) in [5.74, 6) is 1.15. The van der Waals surface area contributed by atoms with Gasteiger partial charge < -0.3 is 15.0 Å². The van der Waals surface area contributed by atoms with Crippen LogP contribution in [0, 0.1) is 6.92 Å². The molecule has 2 N–H and O–H groups in total. The second-order valence-corrected chi connectivity index (χ2v) is 3.27. The van der Waals surface area contributed by atoms with Crippen LogP contribution in [0.25, 0.3) is 0 Å². The lowest BCUT2D eigenvalue weighted by Crippen LogP contribution is -1.96. The first-order chi connectivity index (χ1) is 7.25. The van der Waals surface area contributed by atoms with Gasteiger partial charge in [-0.15, -0.1) is 0 Å². The summed E-state index contributed by atoms with van der Waals surface area (Å²) < 4.78 is 10.3. The number of rotatable bonds is 3. The molecule has 0 radical (unpaired) electrons. The van der Waals surface area contributed by atoms with Crippen LogP contribution in [-0.4, -0.2) is 5.16 Å². The average Bonchev–Trinajstić information content (AvgIpc) is 2.63. The summed E-state index contributed by atoms with van der Waals surface area (Å²) in [6.07, 6.45) is 0. The van der Waals surface area contributed by atoms with Crippen molar-refractivity contribution >= 4 is 5.88 Å². The molecule has 1 aromatic carbocycles. The van der Waals surface area contributed by atoms with Crippen molar-refractivity contribution in [3.8, 4) is 5.75 Å². The standard InChI is InChI=1S/C11H12N2O2/c1-8-4-2-3-5-10(8)14-7-9-6-11(12)15-13-9/h2-6H,7,12H2,1H3. The third-order valence-electron chi connectivity index (χ3n) is 2.05. The van der Waals surface area contributed by atoms with Crippen molar-refractivity contribution in [1.82, 2.24) is 5.16 Å². The van der Waals surface area contributed by atoms with E-state index < -0.39 is 0 Å². The summed E-state index contributed by atoms with van der Waals surface area (Å²) in [6, 6.07) is 9.46. The van der Waals surface area contributed by atoms with Crippen LogP contribution < -0.4 is 10.5 Å². The number of aromatic nitrogens is 1. The zero-order valence-corrected chi connectivity index (χ0v) is 8.43. The van der Waals surface area contributed by atoms with E-state index >= 15 is 0 Å². The first-order valence-corrected chi connectivity index (χ1v) is 4.65. The maximum absolute atomic E-state index is 5.56. The molecule has 0 saturated carbocycles. The molecule has 4 nitrogen and oxygen atoms in total. The maximum Gasteiger partial charge on any atom is 0.222 e. The SMILES string of the molecule is Cc1ccccc1OCc1cc(N)on1. The Labute approximate surface area is 87.6 Å². The third-order valence-corrected chi connectivity index (χ3v) is 2.05. The fourth-order valence-corrected chi connectivity index (χ4v) is 1.27. The van der Waals surface area contributed by atoms with Crippen molar-refractivity contribution in [3.05, 3.63) is 41.6 Å². The van der Waals surface area contributed by atoms with Crippen LogP contribution in [0.4, 0.5) is 5.88 Å². The van der Waals surface area contributed by atoms with E-state index in [0.29, 0.717) is 18.2 Å². The fraction of sp³-hybridized carbons (Fsp3) is 0.182. The lowest BCUT2D eigenvalue weighted by Gasteiger charge is -2.06. The summed E-state index contributed by atoms with van der Waals surface area (Å²) in [5.41, 5.74) is 7.17. The van der Waals surface area contributed by atoms with E-state index in [0.717, 1.165) is 11.3 Å². The topological polar surface area (TPSA) is 61.3 Å². The molecule has 1 heterocycles. The quantitative estimate of drug-likeness (QED) is 0.832. The molecule has 0 spiro atoms. The molecule has 0 aliphatic heterocycles. The van der Waals surface area contributed by atoms with Crippen LogP contribution in [0.1, 0.15) is 11.3 Å². The summed E-state index contributed by atoms with van der Waals surface area (Å²) in [4.78, 5) is 0. The van der Waals surface area contributed by atoms with Crippen LogP contribution in [0.5, 0.6) is 5.75 Å². The smallest absolute Gasteiger partial charge is 0.222 e.